The van der Waals surface area contributed by atoms with Crippen LogP contribution >= 0.6 is 31.9 Å². The molecule has 1 aliphatic rings. The number of amides is 1. The summed E-state index contributed by atoms with van der Waals surface area (Å²) in [5, 5.41) is 6.24. The number of pyridine rings is 1. The molecular formula is C11H13Br2N3O. The van der Waals surface area contributed by atoms with Gasteiger partial charge in [0.15, 0.2) is 0 Å². The van der Waals surface area contributed by atoms with Gasteiger partial charge in [-0.1, -0.05) is 6.92 Å². The van der Waals surface area contributed by atoms with Crippen LogP contribution in [0.5, 0.6) is 0 Å². The molecule has 0 unspecified atom stereocenters. The Morgan fingerprint density at radius 3 is 2.82 bits per heavy atom. The van der Waals surface area contributed by atoms with Crippen molar-refractivity contribution < 1.29 is 4.79 Å². The van der Waals surface area contributed by atoms with Crippen LogP contribution in [0.1, 0.15) is 26.2 Å². The lowest BCUT2D eigenvalue weighted by atomic mass is 10.3. The highest BCUT2D eigenvalue weighted by atomic mass is 79.9. The van der Waals surface area contributed by atoms with Gasteiger partial charge in [-0.05, 0) is 50.8 Å². The SMILES string of the molecule is CCC(=O)Nc1c(NC2CC2)cc(Br)nc1Br. The zero-order valence-electron chi connectivity index (χ0n) is 9.39. The molecule has 0 radical (unpaired) electrons. The number of aromatic nitrogens is 1. The van der Waals surface area contributed by atoms with Crippen LogP contribution in [0.15, 0.2) is 15.3 Å². The second-order valence-electron chi connectivity index (χ2n) is 3.98. The van der Waals surface area contributed by atoms with Crippen molar-refractivity contribution in [2.45, 2.75) is 32.2 Å². The largest absolute Gasteiger partial charge is 0.380 e. The van der Waals surface area contributed by atoms with Gasteiger partial charge < -0.3 is 10.6 Å². The van der Waals surface area contributed by atoms with Crippen LogP contribution in [0.4, 0.5) is 11.4 Å². The van der Waals surface area contributed by atoms with Gasteiger partial charge in [-0.3, -0.25) is 4.79 Å². The molecule has 0 atom stereocenters. The molecule has 92 valence electrons. The zero-order chi connectivity index (χ0) is 12.4. The highest BCUT2D eigenvalue weighted by Gasteiger charge is 2.23. The predicted molar refractivity (Wildman–Crippen MR) is 75.2 cm³/mol. The van der Waals surface area contributed by atoms with Crippen molar-refractivity contribution >= 4 is 49.1 Å². The minimum absolute atomic E-state index is 0.0198. The molecule has 6 heteroatoms. The minimum Gasteiger partial charge on any atom is -0.380 e. The third-order valence-electron chi connectivity index (χ3n) is 2.47. The molecule has 1 saturated carbocycles. The standard InChI is InChI=1S/C11H13Br2N3O/c1-2-9(17)16-10-7(14-6-3-4-6)5-8(12)15-11(10)13/h5-6H,2-4H2,1H3,(H,14,15)(H,16,17). The Labute approximate surface area is 117 Å². The highest BCUT2D eigenvalue weighted by molar-refractivity contribution is 9.11. The van der Waals surface area contributed by atoms with Gasteiger partial charge in [0.05, 0.1) is 11.4 Å². The fourth-order valence-electron chi connectivity index (χ4n) is 1.39. The lowest BCUT2D eigenvalue weighted by Crippen LogP contribution is -2.14. The van der Waals surface area contributed by atoms with Crippen molar-refractivity contribution in [3.05, 3.63) is 15.3 Å². The number of nitrogens with zero attached hydrogens (tertiary/aromatic N) is 1. The van der Waals surface area contributed by atoms with Crippen LogP contribution in [-0.4, -0.2) is 16.9 Å². The van der Waals surface area contributed by atoms with Gasteiger partial charge in [0.1, 0.15) is 9.21 Å². The van der Waals surface area contributed by atoms with Crippen LogP contribution in [0, 0.1) is 0 Å². The maximum absolute atomic E-state index is 11.5. The first kappa shape index (κ1) is 12.8. The van der Waals surface area contributed by atoms with Gasteiger partial charge in [-0.25, -0.2) is 4.98 Å². The number of hydrogen-bond donors (Lipinski definition) is 2. The van der Waals surface area contributed by atoms with Crippen molar-refractivity contribution in [3.8, 4) is 0 Å². The molecule has 0 aliphatic heterocycles. The summed E-state index contributed by atoms with van der Waals surface area (Å²) in [6.45, 7) is 1.82. The Balaban J connectivity index is 2.28. The molecule has 0 spiro atoms. The quantitative estimate of drug-likeness (QED) is 0.805. The lowest BCUT2D eigenvalue weighted by Gasteiger charge is -2.14. The predicted octanol–water partition coefficient (Wildman–Crippen LogP) is 3.53. The summed E-state index contributed by atoms with van der Waals surface area (Å²) in [5.41, 5.74) is 1.62. The average molecular weight is 363 g/mol. The number of hydrogen-bond acceptors (Lipinski definition) is 3. The van der Waals surface area contributed by atoms with Crippen LogP contribution in [0.2, 0.25) is 0 Å². The van der Waals surface area contributed by atoms with Gasteiger partial charge >= 0.3 is 0 Å². The molecule has 0 saturated heterocycles. The maximum atomic E-state index is 11.5. The molecule has 17 heavy (non-hydrogen) atoms. The van der Waals surface area contributed by atoms with E-state index in [4.69, 9.17) is 0 Å². The topological polar surface area (TPSA) is 54.0 Å². The fraction of sp³-hybridized carbons (Fsp3) is 0.455. The summed E-state index contributed by atoms with van der Waals surface area (Å²) in [6.07, 6.45) is 2.81. The van der Waals surface area contributed by atoms with Gasteiger partial charge in [0.25, 0.3) is 0 Å². The maximum Gasteiger partial charge on any atom is 0.224 e. The number of carbonyl (C=O) groups is 1. The molecule has 1 amide bonds. The fourth-order valence-corrected chi connectivity index (χ4v) is 2.54. The zero-order valence-corrected chi connectivity index (χ0v) is 12.6. The van der Waals surface area contributed by atoms with Crippen molar-refractivity contribution in [1.29, 1.82) is 0 Å². The summed E-state index contributed by atoms with van der Waals surface area (Å²) < 4.78 is 1.37. The van der Waals surface area contributed by atoms with E-state index in [-0.39, 0.29) is 5.91 Å². The van der Waals surface area contributed by atoms with E-state index in [0.29, 0.717) is 22.8 Å². The van der Waals surface area contributed by atoms with Crippen molar-refractivity contribution in [2.75, 3.05) is 10.6 Å². The number of halogens is 2. The number of nitrogens with one attached hydrogen (secondary N) is 2. The van der Waals surface area contributed by atoms with Crippen LogP contribution < -0.4 is 10.6 Å². The molecular weight excluding hydrogens is 350 g/mol. The number of carbonyl (C=O) groups excluding carboxylic acids is 1. The Kier molecular flexibility index (Phi) is 4.04. The van der Waals surface area contributed by atoms with E-state index in [0.717, 1.165) is 10.3 Å². The van der Waals surface area contributed by atoms with Crippen molar-refractivity contribution in [1.82, 2.24) is 4.98 Å². The van der Waals surface area contributed by atoms with Gasteiger partial charge in [-0.15, -0.1) is 0 Å². The Morgan fingerprint density at radius 2 is 2.24 bits per heavy atom. The first-order valence-electron chi connectivity index (χ1n) is 5.52. The lowest BCUT2D eigenvalue weighted by molar-refractivity contribution is -0.115. The van der Waals surface area contributed by atoms with Gasteiger partial charge in [0.2, 0.25) is 5.91 Å². The van der Waals surface area contributed by atoms with Crippen LogP contribution in [-0.2, 0) is 4.79 Å². The van der Waals surface area contributed by atoms with Crippen molar-refractivity contribution in [2.24, 2.45) is 0 Å². The van der Waals surface area contributed by atoms with E-state index in [1.165, 1.54) is 12.8 Å². The van der Waals surface area contributed by atoms with Gasteiger partial charge in [-0.2, -0.15) is 0 Å². The summed E-state index contributed by atoms with van der Waals surface area (Å²) in [6, 6.07) is 2.41. The highest BCUT2D eigenvalue weighted by Crippen LogP contribution is 2.35. The Bertz CT molecular complexity index is 447. The average Bonchev–Trinajstić information content (AvgIpc) is 3.06. The molecule has 0 aromatic carbocycles. The molecule has 1 fully saturated rings. The summed E-state index contributed by atoms with van der Waals surface area (Å²) in [4.78, 5) is 15.7. The second kappa shape index (κ2) is 5.35. The minimum atomic E-state index is -0.0198. The first-order valence-corrected chi connectivity index (χ1v) is 7.11. The van der Waals surface area contributed by atoms with E-state index in [1.54, 1.807) is 0 Å². The van der Waals surface area contributed by atoms with Crippen LogP contribution in [0.3, 0.4) is 0 Å². The first-order chi connectivity index (χ1) is 8.10. The van der Waals surface area contributed by atoms with E-state index >= 15 is 0 Å². The normalized spacial score (nSPS) is 14.5. The molecule has 2 rings (SSSR count). The number of rotatable bonds is 4. The third kappa shape index (κ3) is 3.42. The smallest absolute Gasteiger partial charge is 0.224 e. The van der Waals surface area contributed by atoms with Crippen LogP contribution in [0.25, 0.3) is 0 Å². The second-order valence-corrected chi connectivity index (χ2v) is 5.54. The molecule has 4 nitrogen and oxygen atoms in total. The monoisotopic (exact) mass is 361 g/mol. The van der Waals surface area contributed by atoms with E-state index in [1.807, 2.05) is 13.0 Å². The van der Waals surface area contributed by atoms with E-state index in [2.05, 4.69) is 47.5 Å². The molecule has 1 aromatic rings. The molecule has 2 N–H and O–H groups in total. The molecule has 1 heterocycles. The third-order valence-corrected chi connectivity index (χ3v) is 3.45. The van der Waals surface area contributed by atoms with Crippen molar-refractivity contribution in [3.63, 3.8) is 0 Å². The summed E-state index contributed by atoms with van der Waals surface area (Å²) in [7, 11) is 0. The molecule has 1 aromatic heterocycles. The summed E-state index contributed by atoms with van der Waals surface area (Å²) in [5.74, 6) is -0.0198. The Hall–Kier alpha value is -0.620. The number of anilines is 2. The molecule has 1 aliphatic carbocycles. The van der Waals surface area contributed by atoms with E-state index in [9.17, 15) is 4.79 Å². The van der Waals surface area contributed by atoms with E-state index < -0.39 is 0 Å². The molecule has 0 bridgehead atoms. The summed E-state index contributed by atoms with van der Waals surface area (Å²) >= 11 is 6.72. The Morgan fingerprint density at radius 1 is 1.53 bits per heavy atom. The van der Waals surface area contributed by atoms with Gasteiger partial charge in [0, 0.05) is 12.5 Å².